The van der Waals surface area contributed by atoms with Crippen LogP contribution in [0.15, 0.2) is 12.4 Å². The number of methoxy groups -OCH3 is 1. The molecular formula is C13H18N4O. The average molecular weight is 246 g/mol. The van der Waals surface area contributed by atoms with Crippen LogP contribution in [0.4, 0.5) is 0 Å². The van der Waals surface area contributed by atoms with Crippen molar-refractivity contribution in [3.8, 4) is 5.88 Å². The zero-order valence-electron chi connectivity index (χ0n) is 10.6. The second kappa shape index (κ2) is 4.24. The lowest BCUT2D eigenvalue weighted by atomic mass is 9.78. The molecule has 5 heteroatoms. The van der Waals surface area contributed by atoms with E-state index in [1.807, 2.05) is 6.20 Å². The van der Waals surface area contributed by atoms with Gasteiger partial charge >= 0.3 is 0 Å². The van der Waals surface area contributed by atoms with Gasteiger partial charge in [0.15, 0.2) is 5.65 Å². The Bertz CT molecular complexity index is 557. The zero-order valence-corrected chi connectivity index (χ0v) is 10.6. The monoisotopic (exact) mass is 246 g/mol. The molecule has 0 saturated heterocycles. The Labute approximate surface area is 106 Å². The first-order valence-electron chi connectivity index (χ1n) is 6.40. The maximum atomic E-state index is 6.54. The lowest BCUT2D eigenvalue weighted by Gasteiger charge is -2.32. The fourth-order valence-electron chi connectivity index (χ4n) is 2.81. The molecule has 0 spiro atoms. The SMILES string of the molecule is COc1cnc2c(C3(N)CCCCC3)c[nH]c2n1. The number of H-pyrrole nitrogens is 1. The Kier molecular flexibility index (Phi) is 2.70. The minimum Gasteiger partial charge on any atom is -0.480 e. The number of fused-ring (bicyclic) bond motifs is 1. The number of aromatic amines is 1. The normalized spacial score (nSPS) is 19.0. The first-order chi connectivity index (χ1) is 8.73. The minimum absolute atomic E-state index is 0.250. The molecule has 2 aromatic heterocycles. The summed E-state index contributed by atoms with van der Waals surface area (Å²) in [6.45, 7) is 0. The highest BCUT2D eigenvalue weighted by Crippen LogP contribution is 2.37. The number of ether oxygens (including phenoxy) is 1. The van der Waals surface area contributed by atoms with Crippen molar-refractivity contribution in [3.63, 3.8) is 0 Å². The molecule has 1 fully saturated rings. The second-order valence-corrected chi connectivity index (χ2v) is 5.03. The van der Waals surface area contributed by atoms with Crippen LogP contribution in [-0.4, -0.2) is 22.1 Å². The fourth-order valence-corrected chi connectivity index (χ4v) is 2.81. The molecule has 0 amide bonds. The van der Waals surface area contributed by atoms with Crippen molar-refractivity contribution in [2.75, 3.05) is 7.11 Å². The molecule has 3 rings (SSSR count). The third-order valence-corrected chi connectivity index (χ3v) is 3.85. The van der Waals surface area contributed by atoms with Gasteiger partial charge in [0.05, 0.1) is 13.3 Å². The van der Waals surface area contributed by atoms with Crippen molar-refractivity contribution in [1.82, 2.24) is 15.0 Å². The van der Waals surface area contributed by atoms with Gasteiger partial charge in [-0.1, -0.05) is 19.3 Å². The Morgan fingerprint density at radius 2 is 2.11 bits per heavy atom. The van der Waals surface area contributed by atoms with Crippen molar-refractivity contribution >= 4 is 11.2 Å². The van der Waals surface area contributed by atoms with Crippen molar-refractivity contribution in [2.24, 2.45) is 5.73 Å². The van der Waals surface area contributed by atoms with E-state index in [-0.39, 0.29) is 5.54 Å². The summed E-state index contributed by atoms with van der Waals surface area (Å²) < 4.78 is 5.08. The maximum absolute atomic E-state index is 6.54. The van der Waals surface area contributed by atoms with Gasteiger partial charge in [-0.15, -0.1) is 0 Å². The van der Waals surface area contributed by atoms with Gasteiger partial charge in [0, 0.05) is 17.3 Å². The van der Waals surface area contributed by atoms with Crippen LogP contribution in [0.25, 0.3) is 11.2 Å². The van der Waals surface area contributed by atoms with Crippen molar-refractivity contribution < 1.29 is 4.74 Å². The Balaban J connectivity index is 2.06. The molecule has 2 aromatic rings. The average Bonchev–Trinajstić information content (AvgIpc) is 2.83. The molecule has 18 heavy (non-hydrogen) atoms. The van der Waals surface area contributed by atoms with Gasteiger partial charge in [-0.2, -0.15) is 4.98 Å². The van der Waals surface area contributed by atoms with Crippen molar-refractivity contribution in [1.29, 1.82) is 0 Å². The smallest absolute Gasteiger partial charge is 0.234 e. The van der Waals surface area contributed by atoms with Gasteiger partial charge in [-0.25, -0.2) is 4.98 Å². The Morgan fingerprint density at radius 1 is 1.33 bits per heavy atom. The summed E-state index contributed by atoms with van der Waals surface area (Å²) >= 11 is 0. The van der Waals surface area contributed by atoms with E-state index >= 15 is 0 Å². The van der Waals surface area contributed by atoms with Gasteiger partial charge in [0.2, 0.25) is 5.88 Å². The largest absolute Gasteiger partial charge is 0.480 e. The van der Waals surface area contributed by atoms with Gasteiger partial charge < -0.3 is 15.5 Å². The van der Waals surface area contributed by atoms with Crippen LogP contribution in [0.1, 0.15) is 37.7 Å². The molecular weight excluding hydrogens is 228 g/mol. The van der Waals surface area contributed by atoms with Gasteiger partial charge in [0.25, 0.3) is 0 Å². The summed E-state index contributed by atoms with van der Waals surface area (Å²) in [5.41, 5.74) is 9.01. The summed E-state index contributed by atoms with van der Waals surface area (Å²) in [5.74, 6) is 0.519. The molecule has 2 heterocycles. The number of nitrogens with one attached hydrogen (secondary N) is 1. The van der Waals surface area contributed by atoms with E-state index in [0.29, 0.717) is 5.88 Å². The molecule has 0 aromatic carbocycles. The van der Waals surface area contributed by atoms with E-state index in [9.17, 15) is 0 Å². The minimum atomic E-state index is -0.250. The number of nitrogens with two attached hydrogens (primary N) is 1. The Hall–Kier alpha value is -1.62. The molecule has 1 aliphatic rings. The molecule has 0 unspecified atom stereocenters. The highest BCUT2D eigenvalue weighted by Gasteiger charge is 2.32. The third kappa shape index (κ3) is 1.75. The standard InChI is InChI=1S/C13H18N4O/c1-18-10-8-15-11-9(7-16-12(11)17-10)13(14)5-3-2-4-6-13/h7-8H,2-6,14H2,1H3,(H,16,17). The lowest BCUT2D eigenvalue weighted by Crippen LogP contribution is -2.38. The molecule has 3 N–H and O–H groups in total. The fraction of sp³-hybridized carbons (Fsp3) is 0.538. The molecule has 0 radical (unpaired) electrons. The van der Waals surface area contributed by atoms with Crippen LogP contribution < -0.4 is 10.5 Å². The predicted octanol–water partition coefficient (Wildman–Crippen LogP) is 2.08. The van der Waals surface area contributed by atoms with Crippen molar-refractivity contribution in [2.45, 2.75) is 37.6 Å². The summed E-state index contributed by atoms with van der Waals surface area (Å²) in [6.07, 6.45) is 9.29. The Morgan fingerprint density at radius 3 is 2.83 bits per heavy atom. The van der Waals surface area contributed by atoms with E-state index in [2.05, 4.69) is 15.0 Å². The van der Waals surface area contributed by atoms with E-state index in [0.717, 1.165) is 29.6 Å². The van der Waals surface area contributed by atoms with Crippen LogP contribution in [-0.2, 0) is 5.54 Å². The first kappa shape index (κ1) is 11.5. The van der Waals surface area contributed by atoms with Gasteiger partial charge in [-0.05, 0) is 12.8 Å². The van der Waals surface area contributed by atoms with Crippen LogP contribution in [0.3, 0.4) is 0 Å². The topological polar surface area (TPSA) is 76.8 Å². The van der Waals surface area contributed by atoms with Crippen LogP contribution in [0.5, 0.6) is 5.88 Å². The molecule has 0 bridgehead atoms. The molecule has 0 aliphatic heterocycles. The van der Waals surface area contributed by atoms with E-state index in [4.69, 9.17) is 10.5 Å². The van der Waals surface area contributed by atoms with Crippen molar-refractivity contribution in [3.05, 3.63) is 18.0 Å². The summed E-state index contributed by atoms with van der Waals surface area (Å²) in [4.78, 5) is 11.9. The molecule has 1 saturated carbocycles. The lowest BCUT2D eigenvalue weighted by molar-refractivity contribution is 0.304. The molecule has 1 aliphatic carbocycles. The summed E-state index contributed by atoms with van der Waals surface area (Å²) in [6, 6.07) is 0. The van der Waals surface area contributed by atoms with Crippen LogP contribution >= 0.6 is 0 Å². The summed E-state index contributed by atoms with van der Waals surface area (Å²) in [7, 11) is 1.59. The predicted molar refractivity (Wildman–Crippen MR) is 69.4 cm³/mol. The summed E-state index contributed by atoms with van der Waals surface area (Å²) in [5, 5.41) is 0. The van der Waals surface area contributed by atoms with E-state index in [1.54, 1.807) is 13.3 Å². The third-order valence-electron chi connectivity index (χ3n) is 3.85. The molecule has 0 atom stereocenters. The van der Waals surface area contributed by atoms with Crippen LogP contribution in [0.2, 0.25) is 0 Å². The number of nitrogens with zero attached hydrogens (tertiary/aromatic N) is 2. The quantitative estimate of drug-likeness (QED) is 0.850. The highest BCUT2D eigenvalue weighted by molar-refractivity contribution is 5.76. The van der Waals surface area contributed by atoms with Crippen LogP contribution in [0, 0.1) is 0 Å². The van der Waals surface area contributed by atoms with Gasteiger partial charge in [-0.3, -0.25) is 0 Å². The van der Waals surface area contributed by atoms with Gasteiger partial charge in [0.1, 0.15) is 5.52 Å². The number of aromatic nitrogens is 3. The molecule has 5 nitrogen and oxygen atoms in total. The number of rotatable bonds is 2. The first-order valence-corrected chi connectivity index (χ1v) is 6.40. The number of hydrogen-bond acceptors (Lipinski definition) is 4. The zero-order chi connectivity index (χ0) is 12.6. The second-order valence-electron chi connectivity index (χ2n) is 5.03. The maximum Gasteiger partial charge on any atom is 0.234 e. The van der Waals surface area contributed by atoms with E-state index in [1.165, 1.54) is 19.3 Å². The highest BCUT2D eigenvalue weighted by atomic mass is 16.5. The molecule has 96 valence electrons. The number of hydrogen-bond donors (Lipinski definition) is 2. The van der Waals surface area contributed by atoms with E-state index < -0.39 is 0 Å².